The predicted molar refractivity (Wildman–Crippen MR) is 102 cm³/mol. The number of likely N-dealkylation sites (tertiary alicyclic amines) is 1. The number of carbonyl (C=O) groups is 2. The highest BCUT2D eigenvalue weighted by molar-refractivity contribution is 6.30. The lowest BCUT2D eigenvalue weighted by Crippen LogP contribution is -2.64. The van der Waals surface area contributed by atoms with Crippen molar-refractivity contribution in [3.8, 4) is 0 Å². The summed E-state index contributed by atoms with van der Waals surface area (Å²) in [6.07, 6.45) is -2.55. The van der Waals surface area contributed by atoms with Gasteiger partial charge >= 0.3 is 6.18 Å². The Kier molecular flexibility index (Phi) is 5.25. The van der Waals surface area contributed by atoms with Crippen LogP contribution in [0.3, 0.4) is 0 Å². The largest absolute Gasteiger partial charge is 0.411 e. The van der Waals surface area contributed by atoms with Crippen LogP contribution in [0.1, 0.15) is 32.1 Å². The summed E-state index contributed by atoms with van der Waals surface area (Å²) in [5.41, 5.74) is -1.66. The summed E-state index contributed by atoms with van der Waals surface area (Å²) < 4.78 is 52.1. The monoisotopic (exact) mass is 447 g/mol. The van der Waals surface area contributed by atoms with Crippen molar-refractivity contribution < 1.29 is 27.2 Å². The van der Waals surface area contributed by atoms with E-state index in [0.717, 1.165) is 18.9 Å². The van der Waals surface area contributed by atoms with Crippen molar-refractivity contribution in [1.82, 2.24) is 10.2 Å². The molecule has 4 rings (SSSR count). The van der Waals surface area contributed by atoms with Crippen LogP contribution < -0.4 is 10.6 Å². The van der Waals surface area contributed by atoms with Gasteiger partial charge in [0.25, 0.3) is 0 Å². The maximum absolute atomic E-state index is 13.3. The molecule has 0 atom stereocenters. The molecule has 1 aromatic carbocycles. The molecule has 10 heteroatoms. The highest BCUT2D eigenvalue weighted by Gasteiger charge is 2.64. The van der Waals surface area contributed by atoms with E-state index in [1.54, 1.807) is 0 Å². The van der Waals surface area contributed by atoms with Crippen molar-refractivity contribution in [2.24, 2.45) is 11.3 Å². The molecule has 0 aromatic heterocycles. The molecule has 1 spiro atoms. The topological polar surface area (TPSA) is 61.4 Å². The number of anilines is 1. The fourth-order valence-electron chi connectivity index (χ4n) is 4.80. The highest BCUT2D eigenvalue weighted by atomic mass is 35.5. The van der Waals surface area contributed by atoms with Crippen molar-refractivity contribution >= 4 is 29.1 Å². The van der Waals surface area contributed by atoms with E-state index < -0.39 is 23.4 Å². The summed E-state index contributed by atoms with van der Waals surface area (Å²) in [7, 11) is 0. The first-order valence-corrected chi connectivity index (χ1v) is 10.2. The summed E-state index contributed by atoms with van der Waals surface area (Å²) in [5, 5.41) is 4.99. The van der Waals surface area contributed by atoms with Gasteiger partial charge in [-0.1, -0.05) is 11.6 Å². The second kappa shape index (κ2) is 7.37. The van der Waals surface area contributed by atoms with Crippen LogP contribution in [-0.2, 0) is 9.59 Å². The molecule has 2 amide bonds. The van der Waals surface area contributed by atoms with Crippen LogP contribution in [0.5, 0.6) is 0 Å². The minimum atomic E-state index is -4.41. The van der Waals surface area contributed by atoms with Crippen molar-refractivity contribution in [2.45, 2.75) is 43.8 Å². The average Bonchev–Trinajstić information content (AvgIpc) is 3.30. The summed E-state index contributed by atoms with van der Waals surface area (Å²) in [6.45, 7) is 1.26. The molecule has 2 saturated carbocycles. The summed E-state index contributed by atoms with van der Waals surface area (Å²) in [6, 6.07) is 3.83. The third-order valence-corrected chi connectivity index (χ3v) is 6.44. The van der Waals surface area contributed by atoms with Gasteiger partial charge in [-0.25, -0.2) is 4.39 Å². The van der Waals surface area contributed by atoms with Gasteiger partial charge in [0.2, 0.25) is 11.8 Å². The van der Waals surface area contributed by atoms with Crippen molar-refractivity contribution in [3.63, 3.8) is 0 Å². The van der Waals surface area contributed by atoms with E-state index in [-0.39, 0.29) is 41.6 Å². The molecule has 30 heavy (non-hydrogen) atoms. The third kappa shape index (κ3) is 4.42. The Hall–Kier alpha value is -1.87. The first kappa shape index (κ1) is 21.4. The van der Waals surface area contributed by atoms with Gasteiger partial charge in [-0.15, -0.1) is 0 Å². The first-order chi connectivity index (χ1) is 14.0. The Morgan fingerprint density at radius 1 is 1.13 bits per heavy atom. The smallest absolute Gasteiger partial charge is 0.341 e. The number of hydrogen-bond donors (Lipinski definition) is 2. The van der Waals surface area contributed by atoms with Gasteiger partial charge in [0.1, 0.15) is 11.4 Å². The van der Waals surface area contributed by atoms with Gasteiger partial charge in [0, 0.05) is 30.2 Å². The van der Waals surface area contributed by atoms with Gasteiger partial charge in [-0.05, 0) is 55.2 Å². The number of halogens is 5. The molecule has 0 unspecified atom stereocenters. The second-order valence-corrected chi connectivity index (χ2v) is 9.39. The van der Waals surface area contributed by atoms with E-state index in [1.165, 1.54) is 12.1 Å². The molecule has 0 radical (unpaired) electrons. The second-order valence-electron chi connectivity index (χ2n) is 8.96. The molecular formula is C20H22ClF4N3O2. The molecule has 3 fully saturated rings. The Bertz CT molecular complexity index is 838. The number of carbonyl (C=O) groups excluding carboxylic acids is 2. The van der Waals surface area contributed by atoms with Crippen LogP contribution in [0.25, 0.3) is 0 Å². The highest BCUT2D eigenvalue weighted by Crippen LogP contribution is 2.53. The molecule has 2 N–H and O–H groups in total. The fourth-order valence-corrected chi connectivity index (χ4v) is 5.02. The van der Waals surface area contributed by atoms with E-state index >= 15 is 0 Å². The van der Waals surface area contributed by atoms with Gasteiger partial charge in [0.15, 0.2) is 0 Å². The lowest BCUT2D eigenvalue weighted by Gasteiger charge is -2.59. The minimum Gasteiger partial charge on any atom is -0.341 e. The molecule has 1 saturated heterocycles. The maximum atomic E-state index is 13.3. The van der Waals surface area contributed by atoms with Gasteiger partial charge in [-0.3, -0.25) is 14.5 Å². The molecule has 5 nitrogen and oxygen atoms in total. The minimum absolute atomic E-state index is 0.0366. The molecule has 1 aromatic rings. The van der Waals surface area contributed by atoms with Crippen molar-refractivity contribution in [1.29, 1.82) is 0 Å². The lowest BCUT2D eigenvalue weighted by atomic mass is 9.57. The molecule has 1 aliphatic heterocycles. The third-order valence-electron chi connectivity index (χ3n) is 6.22. The Labute approximate surface area is 176 Å². The number of nitrogens with one attached hydrogen (secondary N) is 2. The zero-order valence-electron chi connectivity index (χ0n) is 16.1. The van der Waals surface area contributed by atoms with Crippen LogP contribution in [0.2, 0.25) is 5.02 Å². The van der Waals surface area contributed by atoms with E-state index in [9.17, 15) is 27.2 Å². The number of benzene rings is 1. The van der Waals surface area contributed by atoms with E-state index in [4.69, 9.17) is 11.6 Å². The van der Waals surface area contributed by atoms with Gasteiger partial charge in [-0.2, -0.15) is 13.2 Å². The van der Waals surface area contributed by atoms with Gasteiger partial charge in [0.05, 0.1) is 6.54 Å². The number of hydrogen-bond acceptors (Lipinski definition) is 3. The Morgan fingerprint density at radius 2 is 1.80 bits per heavy atom. The van der Waals surface area contributed by atoms with Crippen LogP contribution in [0, 0.1) is 17.2 Å². The quantitative estimate of drug-likeness (QED) is 0.653. The Balaban J connectivity index is 1.16. The first-order valence-electron chi connectivity index (χ1n) is 9.84. The van der Waals surface area contributed by atoms with E-state index in [1.807, 2.05) is 4.90 Å². The Morgan fingerprint density at radius 3 is 2.37 bits per heavy atom. The standard InChI is InChI=1S/C20H22ClF4N3O2/c21-13-4-14(22)6-15(5-13)26-16(29)3-12-7-18(8-12)10-28(11-18)9-17(30)27-19(1-2-19)20(23,24)25/h4-6,12H,1-3,7-11H2,(H,26,29)(H,27,30). The molecular weight excluding hydrogens is 426 g/mol. The SMILES string of the molecule is O=C(CC1CC2(C1)CN(CC(=O)NC1(C(F)(F)F)CC1)C2)Nc1cc(F)cc(Cl)c1. The summed E-state index contributed by atoms with van der Waals surface area (Å²) in [5.74, 6) is -1.13. The molecule has 3 aliphatic rings. The number of nitrogens with zero attached hydrogens (tertiary/aromatic N) is 1. The summed E-state index contributed by atoms with van der Waals surface area (Å²) in [4.78, 5) is 25.9. The van der Waals surface area contributed by atoms with Gasteiger partial charge < -0.3 is 10.6 Å². The molecule has 2 aliphatic carbocycles. The normalized spacial score (nSPS) is 22.2. The van der Waals surface area contributed by atoms with E-state index in [2.05, 4.69) is 10.6 Å². The van der Waals surface area contributed by atoms with Crippen molar-refractivity contribution in [3.05, 3.63) is 29.0 Å². The zero-order chi connectivity index (χ0) is 21.7. The molecule has 0 bridgehead atoms. The van der Waals surface area contributed by atoms with E-state index in [0.29, 0.717) is 25.2 Å². The number of alkyl halides is 3. The molecule has 1 heterocycles. The van der Waals surface area contributed by atoms with Crippen molar-refractivity contribution in [2.75, 3.05) is 25.0 Å². The van der Waals surface area contributed by atoms with Crippen LogP contribution in [0.4, 0.5) is 23.2 Å². The fraction of sp³-hybridized carbons (Fsp3) is 0.600. The maximum Gasteiger partial charge on any atom is 0.411 e. The number of rotatable bonds is 6. The molecule has 164 valence electrons. The number of amides is 2. The lowest BCUT2D eigenvalue weighted by molar-refractivity contribution is -0.172. The van der Waals surface area contributed by atoms with Crippen LogP contribution in [0.15, 0.2) is 18.2 Å². The average molecular weight is 448 g/mol. The predicted octanol–water partition coefficient (Wildman–Crippen LogP) is 3.73. The van der Waals surface area contributed by atoms with Crippen LogP contribution in [-0.4, -0.2) is 48.1 Å². The zero-order valence-corrected chi connectivity index (χ0v) is 16.9. The summed E-state index contributed by atoms with van der Waals surface area (Å²) >= 11 is 5.77. The van der Waals surface area contributed by atoms with Crippen LogP contribution >= 0.6 is 11.6 Å².